The van der Waals surface area contributed by atoms with E-state index in [0.717, 1.165) is 22.0 Å². The van der Waals surface area contributed by atoms with Crippen LogP contribution in [0.4, 0.5) is 0 Å². The summed E-state index contributed by atoms with van der Waals surface area (Å²) < 4.78 is 0.876. The van der Waals surface area contributed by atoms with Crippen molar-refractivity contribution in [3.05, 3.63) is 82.3 Å². The Morgan fingerprint density at radius 2 is 1.64 bits per heavy atom. The summed E-state index contributed by atoms with van der Waals surface area (Å²) in [6.07, 6.45) is 6.09. The minimum absolute atomic E-state index is 0.0174. The van der Waals surface area contributed by atoms with Gasteiger partial charge >= 0.3 is 0 Å². The topological polar surface area (TPSA) is 86.8 Å². The Bertz CT molecular complexity index is 1210. The maximum atomic E-state index is 13.9. The molecule has 1 fully saturated rings. The number of amides is 4. The predicted molar refractivity (Wildman–Crippen MR) is 153 cm³/mol. The standard InChI is InChI=1S/C31H36BrN3O4/c1-3-21(2)33-29(37)27(19-22-10-5-4-6-11-22)35(20-23-12-9-13-24(32)18-23)28(36)16-17-34-30(38)25-14-7-8-15-26(25)31(34)39/h4-13,18,21,25-27H,3,14-17,19-20H2,1-2H3,(H,33,37)/t21-,25-,26+,27+/m0/s1. The van der Waals surface area contributed by atoms with E-state index >= 15 is 0 Å². The number of halogens is 1. The molecule has 0 unspecified atom stereocenters. The van der Waals surface area contributed by atoms with Crippen LogP contribution < -0.4 is 5.32 Å². The second-order valence-electron chi connectivity index (χ2n) is 10.4. The zero-order chi connectivity index (χ0) is 27.9. The number of imide groups is 1. The van der Waals surface area contributed by atoms with E-state index in [4.69, 9.17) is 0 Å². The molecule has 0 saturated carbocycles. The first-order valence-electron chi connectivity index (χ1n) is 13.7. The molecule has 7 nitrogen and oxygen atoms in total. The van der Waals surface area contributed by atoms with Crippen LogP contribution in [0.25, 0.3) is 0 Å². The molecule has 1 saturated heterocycles. The van der Waals surface area contributed by atoms with Crippen LogP contribution in [0.2, 0.25) is 0 Å². The van der Waals surface area contributed by atoms with E-state index in [1.165, 1.54) is 4.90 Å². The van der Waals surface area contributed by atoms with E-state index in [1.807, 2.05) is 80.6 Å². The lowest BCUT2D eigenvalue weighted by atomic mass is 9.85. The third-order valence-corrected chi connectivity index (χ3v) is 8.16. The van der Waals surface area contributed by atoms with Crippen molar-refractivity contribution in [2.45, 2.75) is 64.6 Å². The minimum Gasteiger partial charge on any atom is -0.352 e. The second-order valence-corrected chi connectivity index (χ2v) is 11.3. The molecule has 39 heavy (non-hydrogen) atoms. The molecule has 8 heteroatoms. The number of nitrogens with zero attached hydrogens (tertiary/aromatic N) is 2. The number of rotatable bonds is 11. The number of allylic oxidation sites excluding steroid dienone is 2. The summed E-state index contributed by atoms with van der Waals surface area (Å²) in [4.78, 5) is 56.3. The largest absolute Gasteiger partial charge is 0.352 e. The van der Waals surface area contributed by atoms with Crippen LogP contribution in [0, 0.1) is 11.8 Å². The molecular formula is C31H36BrN3O4. The molecule has 0 aromatic heterocycles. The molecule has 0 spiro atoms. The number of carbonyl (C=O) groups is 4. The number of hydrogen-bond donors (Lipinski definition) is 1. The van der Waals surface area contributed by atoms with Crippen LogP contribution in [0.1, 0.15) is 50.7 Å². The Hall–Kier alpha value is -3.26. The number of likely N-dealkylation sites (tertiary alicyclic amines) is 1. The van der Waals surface area contributed by atoms with Crippen molar-refractivity contribution >= 4 is 39.6 Å². The van der Waals surface area contributed by atoms with E-state index < -0.39 is 6.04 Å². The fourth-order valence-electron chi connectivity index (χ4n) is 5.27. The summed E-state index contributed by atoms with van der Waals surface area (Å²) in [6, 6.07) is 16.5. The van der Waals surface area contributed by atoms with Crippen LogP contribution in [0.3, 0.4) is 0 Å². The van der Waals surface area contributed by atoms with Crippen molar-refractivity contribution in [2.24, 2.45) is 11.8 Å². The van der Waals surface area contributed by atoms with Gasteiger partial charge in [-0.05, 0) is 49.4 Å². The maximum Gasteiger partial charge on any atom is 0.243 e. The predicted octanol–water partition coefficient (Wildman–Crippen LogP) is 4.65. The van der Waals surface area contributed by atoms with Crippen LogP contribution in [0.15, 0.2) is 71.2 Å². The molecule has 4 atom stereocenters. The molecule has 1 N–H and O–H groups in total. The molecule has 0 bridgehead atoms. The summed E-state index contributed by atoms with van der Waals surface area (Å²) >= 11 is 3.50. The highest BCUT2D eigenvalue weighted by Crippen LogP contribution is 2.35. The summed E-state index contributed by atoms with van der Waals surface area (Å²) in [5, 5.41) is 3.06. The second kappa shape index (κ2) is 13.2. The van der Waals surface area contributed by atoms with Crippen molar-refractivity contribution in [3.63, 3.8) is 0 Å². The van der Waals surface area contributed by atoms with Gasteiger partial charge in [0.05, 0.1) is 11.8 Å². The lowest BCUT2D eigenvalue weighted by Gasteiger charge is -2.33. The van der Waals surface area contributed by atoms with Gasteiger partial charge in [0.2, 0.25) is 23.6 Å². The third kappa shape index (κ3) is 7.04. The molecule has 2 aliphatic rings. The minimum atomic E-state index is -0.760. The summed E-state index contributed by atoms with van der Waals surface area (Å²) in [7, 11) is 0. The van der Waals surface area contributed by atoms with Gasteiger partial charge in [-0.15, -0.1) is 0 Å². The number of carbonyl (C=O) groups excluding carboxylic acids is 4. The third-order valence-electron chi connectivity index (χ3n) is 7.66. The first-order chi connectivity index (χ1) is 18.8. The van der Waals surface area contributed by atoms with E-state index in [-0.39, 0.29) is 61.0 Å². The highest BCUT2D eigenvalue weighted by molar-refractivity contribution is 9.10. The molecular weight excluding hydrogens is 558 g/mol. The van der Waals surface area contributed by atoms with E-state index in [1.54, 1.807) is 4.90 Å². The SMILES string of the molecule is CC[C@H](C)NC(=O)[C@@H](Cc1ccccc1)N(Cc1cccc(Br)c1)C(=O)CCN1C(=O)[C@H]2CC=CC[C@H]2C1=O. The van der Waals surface area contributed by atoms with Gasteiger partial charge in [-0.25, -0.2) is 0 Å². The molecule has 206 valence electrons. The molecule has 0 radical (unpaired) electrons. The van der Waals surface area contributed by atoms with Gasteiger partial charge in [-0.1, -0.05) is 77.5 Å². The normalized spacial score (nSPS) is 19.9. The van der Waals surface area contributed by atoms with Crippen molar-refractivity contribution < 1.29 is 19.2 Å². The van der Waals surface area contributed by atoms with Gasteiger partial charge < -0.3 is 10.2 Å². The van der Waals surface area contributed by atoms with E-state index in [2.05, 4.69) is 21.2 Å². The molecule has 4 amide bonds. The Morgan fingerprint density at radius 3 is 2.26 bits per heavy atom. The molecule has 4 rings (SSSR count). The Morgan fingerprint density at radius 1 is 1.00 bits per heavy atom. The van der Waals surface area contributed by atoms with Gasteiger partial charge in [0.15, 0.2) is 0 Å². The Kier molecular flexibility index (Phi) is 9.73. The first-order valence-corrected chi connectivity index (χ1v) is 14.5. The quantitative estimate of drug-likeness (QED) is 0.303. The summed E-state index contributed by atoms with van der Waals surface area (Å²) in [5.74, 6) is -1.55. The summed E-state index contributed by atoms with van der Waals surface area (Å²) in [5.41, 5.74) is 1.81. The maximum absolute atomic E-state index is 13.9. The van der Waals surface area contributed by atoms with E-state index in [9.17, 15) is 19.2 Å². The smallest absolute Gasteiger partial charge is 0.243 e. The van der Waals surface area contributed by atoms with Crippen LogP contribution in [-0.4, -0.2) is 52.1 Å². The van der Waals surface area contributed by atoms with Gasteiger partial charge in [0.25, 0.3) is 0 Å². The van der Waals surface area contributed by atoms with Crippen LogP contribution in [0.5, 0.6) is 0 Å². The molecule has 2 aromatic rings. The number of fused-ring (bicyclic) bond motifs is 1. The van der Waals surface area contributed by atoms with Gasteiger partial charge in [0, 0.05) is 36.4 Å². The van der Waals surface area contributed by atoms with Crippen molar-refractivity contribution in [1.82, 2.24) is 15.1 Å². The average Bonchev–Trinajstić information content (AvgIpc) is 3.18. The van der Waals surface area contributed by atoms with Crippen molar-refractivity contribution in [1.29, 1.82) is 0 Å². The van der Waals surface area contributed by atoms with Gasteiger partial charge in [-0.2, -0.15) is 0 Å². The zero-order valence-corrected chi connectivity index (χ0v) is 24.1. The van der Waals surface area contributed by atoms with E-state index in [0.29, 0.717) is 19.3 Å². The fourth-order valence-corrected chi connectivity index (χ4v) is 5.71. The Balaban J connectivity index is 1.59. The lowest BCUT2D eigenvalue weighted by molar-refractivity contribution is -0.144. The van der Waals surface area contributed by atoms with Crippen LogP contribution >= 0.6 is 15.9 Å². The van der Waals surface area contributed by atoms with Crippen molar-refractivity contribution in [2.75, 3.05) is 6.54 Å². The molecule has 2 aromatic carbocycles. The highest BCUT2D eigenvalue weighted by atomic mass is 79.9. The number of benzene rings is 2. The first kappa shape index (κ1) is 28.7. The van der Waals surface area contributed by atoms with Crippen molar-refractivity contribution in [3.8, 4) is 0 Å². The summed E-state index contributed by atoms with van der Waals surface area (Å²) in [6.45, 7) is 4.18. The van der Waals surface area contributed by atoms with Gasteiger partial charge in [0.1, 0.15) is 6.04 Å². The monoisotopic (exact) mass is 593 g/mol. The molecule has 1 aliphatic heterocycles. The number of hydrogen-bond acceptors (Lipinski definition) is 4. The molecule has 1 heterocycles. The average molecular weight is 595 g/mol. The fraction of sp³-hybridized carbons (Fsp3) is 0.419. The van der Waals surface area contributed by atoms with Crippen LogP contribution in [-0.2, 0) is 32.1 Å². The Labute approximate surface area is 238 Å². The number of nitrogens with one attached hydrogen (secondary N) is 1. The highest BCUT2D eigenvalue weighted by Gasteiger charge is 2.47. The zero-order valence-electron chi connectivity index (χ0n) is 22.5. The molecule has 1 aliphatic carbocycles. The lowest BCUT2D eigenvalue weighted by Crippen LogP contribution is -2.52. The van der Waals surface area contributed by atoms with Gasteiger partial charge in [-0.3, -0.25) is 24.1 Å².